The number of benzene rings is 1. The van der Waals surface area contributed by atoms with Gasteiger partial charge in [-0.05, 0) is 19.1 Å². The Morgan fingerprint density at radius 3 is 2.40 bits per heavy atom. The highest BCUT2D eigenvalue weighted by atomic mass is 32.1. The largest absolute Gasteiger partial charge is 0.241 e. The number of aromatic nitrogens is 1. The van der Waals surface area contributed by atoms with E-state index in [1.807, 2.05) is 32.2 Å². The van der Waals surface area contributed by atoms with Crippen LogP contribution in [-0.4, -0.2) is 4.98 Å². The van der Waals surface area contributed by atoms with Crippen molar-refractivity contribution in [3.8, 4) is 10.6 Å². The summed E-state index contributed by atoms with van der Waals surface area (Å²) in [7, 11) is 0. The highest BCUT2D eigenvalue weighted by molar-refractivity contribution is 7.13. The second-order valence-corrected chi connectivity index (χ2v) is 3.63. The van der Waals surface area contributed by atoms with E-state index in [-0.39, 0.29) is 5.82 Å². The Morgan fingerprint density at radius 2 is 1.87 bits per heavy atom. The number of nitrogens with zero attached hydrogens (tertiary/aromatic N) is 1. The van der Waals surface area contributed by atoms with Gasteiger partial charge in [0.05, 0.1) is 0 Å². The topological polar surface area (TPSA) is 12.9 Å². The molecule has 0 spiro atoms. The van der Waals surface area contributed by atoms with Gasteiger partial charge in [0.1, 0.15) is 10.8 Å². The molecule has 0 radical (unpaired) electrons. The fraction of sp³-hybridized carbons (Fsp3) is 0.250. The van der Waals surface area contributed by atoms with E-state index in [2.05, 4.69) is 4.98 Å². The first-order valence-corrected chi connectivity index (χ1v) is 5.82. The molecule has 0 fully saturated rings. The van der Waals surface area contributed by atoms with Crippen molar-refractivity contribution in [3.63, 3.8) is 0 Å². The van der Waals surface area contributed by atoms with E-state index in [1.165, 1.54) is 17.4 Å². The van der Waals surface area contributed by atoms with Crippen LogP contribution in [0.5, 0.6) is 0 Å². The zero-order valence-electron chi connectivity index (χ0n) is 9.12. The second-order valence-electron chi connectivity index (χ2n) is 2.77. The summed E-state index contributed by atoms with van der Waals surface area (Å²) in [4.78, 5) is 4.22. The van der Waals surface area contributed by atoms with Crippen LogP contribution >= 0.6 is 11.3 Å². The minimum Gasteiger partial charge on any atom is -0.241 e. The lowest BCUT2D eigenvalue weighted by Gasteiger charge is -1.96. The maximum absolute atomic E-state index is 13.3. The van der Waals surface area contributed by atoms with E-state index in [0.717, 1.165) is 10.7 Å². The molecule has 80 valence electrons. The highest BCUT2D eigenvalue weighted by Gasteiger charge is 2.06. The summed E-state index contributed by atoms with van der Waals surface area (Å²) < 4.78 is 13.3. The maximum Gasteiger partial charge on any atom is 0.133 e. The van der Waals surface area contributed by atoms with Crippen LogP contribution in [0.15, 0.2) is 29.6 Å². The van der Waals surface area contributed by atoms with E-state index >= 15 is 0 Å². The monoisotopic (exact) mass is 223 g/mol. The third-order valence-electron chi connectivity index (χ3n) is 1.72. The summed E-state index contributed by atoms with van der Waals surface area (Å²) in [5, 5.41) is 2.66. The molecular weight excluding hydrogens is 209 g/mol. The molecule has 0 amide bonds. The summed E-state index contributed by atoms with van der Waals surface area (Å²) in [6.45, 7) is 5.90. The molecule has 0 N–H and O–H groups in total. The van der Waals surface area contributed by atoms with Crippen LogP contribution in [0, 0.1) is 12.7 Å². The summed E-state index contributed by atoms with van der Waals surface area (Å²) in [6, 6.07) is 6.69. The van der Waals surface area contributed by atoms with Crippen molar-refractivity contribution < 1.29 is 4.39 Å². The molecular formula is C12H14FNS. The molecule has 0 atom stereocenters. The predicted octanol–water partition coefficient (Wildman–Crippen LogP) is 4.28. The quantitative estimate of drug-likeness (QED) is 0.703. The number of rotatable bonds is 1. The fourth-order valence-corrected chi connectivity index (χ4v) is 1.94. The Balaban J connectivity index is 0.000000531. The van der Waals surface area contributed by atoms with Gasteiger partial charge in [-0.2, -0.15) is 0 Å². The first kappa shape index (κ1) is 11.9. The van der Waals surface area contributed by atoms with Crippen LogP contribution in [0.3, 0.4) is 0 Å². The smallest absolute Gasteiger partial charge is 0.133 e. The lowest BCUT2D eigenvalue weighted by Crippen LogP contribution is -1.82. The van der Waals surface area contributed by atoms with Gasteiger partial charge in [0.2, 0.25) is 0 Å². The standard InChI is InChI=1S/C10H8FNS.C2H6/c1-7-6-13-10(12-7)8-4-2-3-5-9(8)11;1-2/h2-6H,1H3;1-2H3. The minimum atomic E-state index is -0.211. The van der Waals surface area contributed by atoms with Gasteiger partial charge in [-0.1, -0.05) is 26.0 Å². The van der Waals surface area contributed by atoms with Crippen molar-refractivity contribution in [1.82, 2.24) is 4.98 Å². The molecule has 0 saturated heterocycles. The van der Waals surface area contributed by atoms with Gasteiger partial charge in [0.15, 0.2) is 0 Å². The lowest BCUT2D eigenvalue weighted by atomic mass is 10.2. The molecule has 0 bridgehead atoms. The Morgan fingerprint density at radius 1 is 1.20 bits per heavy atom. The molecule has 0 aliphatic rings. The average molecular weight is 223 g/mol. The first-order chi connectivity index (χ1) is 7.27. The molecule has 1 aromatic carbocycles. The number of halogens is 1. The summed E-state index contributed by atoms with van der Waals surface area (Å²) in [6.07, 6.45) is 0. The average Bonchev–Trinajstić information content (AvgIpc) is 2.68. The molecule has 2 rings (SSSR count). The van der Waals surface area contributed by atoms with Crippen LogP contribution in [0.2, 0.25) is 0 Å². The van der Waals surface area contributed by atoms with Crippen LogP contribution < -0.4 is 0 Å². The van der Waals surface area contributed by atoms with Crippen molar-refractivity contribution >= 4 is 11.3 Å². The molecule has 3 heteroatoms. The molecule has 0 aliphatic heterocycles. The summed E-state index contributed by atoms with van der Waals surface area (Å²) in [5.41, 5.74) is 1.52. The number of aryl methyl sites for hydroxylation is 1. The third-order valence-corrected chi connectivity index (χ3v) is 2.72. The van der Waals surface area contributed by atoms with E-state index in [9.17, 15) is 4.39 Å². The van der Waals surface area contributed by atoms with Gasteiger partial charge in [-0.25, -0.2) is 9.37 Å². The second kappa shape index (κ2) is 5.61. The third kappa shape index (κ3) is 2.86. The maximum atomic E-state index is 13.3. The van der Waals surface area contributed by atoms with Gasteiger partial charge in [-0.15, -0.1) is 11.3 Å². The number of hydrogen-bond donors (Lipinski definition) is 0. The Hall–Kier alpha value is -1.22. The van der Waals surface area contributed by atoms with Gasteiger partial charge in [-0.3, -0.25) is 0 Å². The van der Waals surface area contributed by atoms with Gasteiger partial charge in [0, 0.05) is 16.6 Å². The van der Waals surface area contributed by atoms with Crippen LogP contribution in [0.1, 0.15) is 19.5 Å². The van der Waals surface area contributed by atoms with Crippen molar-refractivity contribution in [3.05, 3.63) is 41.2 Å². The van der Waals surface area contributed by atoms with Crippen LogP contribution in [0.25, 0.3) is 10.6 Å². The van der Waals surface area contributed by atoms with Gasteiger partial charge >= 0.3 is 0 Å². The van der Waals surface area contributed by atoms with Crippen LogP contribution in [-0.2, 0) is 0 Å². The van der Waals surface area contributed by atoms with Crippen LogP contribution in [0.4, 0.5) is 4.39 Å². The first-order valence-electron chi connectivity index (χ1n) is 4.94. The van der Waals surface area contributed by atoms with Gasteiger partial charge < -0.3 is 0 Å². The van der Waals surface area contributed by atoms with Crippen molar-refractivity contribution in [2.24, 2.45) is 0 Å². The lowest BCUT2D eigenvalue weighted by molar-refractivity contribution is 0.631. The Bertz CT molecular complexity index is 423. The molecule has 15 heavy (non-hydrogen) atoms. The SMILES string of the molecule is CC.Cc1csc(-c2ccccc2F)n1. The molecule has 0 saturated carbocycles. The highest BCUT2D eigenvalue weighted by Crippen LogP contribution is 2.25. The Kier molecular flexibility index (Phi) is 4.43. The molecule has 0 unspecified atom stereocenters. The van der Waals surface area contributed by atoms with Crippen molar-refractivity contribution in [1.29, 1.82) is 0 Å². The van der Waals surface area contributed by atoms with E-state index in [0.29, 0.717) is 5.56 Å². The molecule has 0 aliphatic carbocycles. The van der Waals surface area contributed by atoms with E-state index in [4.69, 9.17) is 0 Å². The van der Waals surface area contributed by atoms with E-state index in [1.54, 1.807) is 12.1 Å². The molecule has 2 aromatic rings. The van der Waals surface area contributed by atoms with E-state index < -0.39 is 0 Å². The molecule has 1 nitrogen and oxygen atoms in total. The number of hydrogen-bond acceptors (Lipinski definition) is 2. The van der Waals surface area contributed by atoms with Gasteiger partial charge in [0.25, 0.3) is 0 Å². The fourth-order valence-electron chi connectivity index (χ4n) is 1.11. The predicted molar refractivity (Wildman–Crippen MR) is 63.6 cm³/mol. The zero-order chi connectivity index (χ0) is 11.3. The van der Waals surface area contributed by atoms with Crippen molar-refractivity contribution in [2.75, 3.05) is 0 Å². The van der Waals surface area contributed by atoms with Crippen molar-refractivity contribution in [2.45, 2.75) is 20.8 Å². The Labute approximate surface area is 93.6 Å². The number of thiazole rings is 1. The summed E-state index contributed by atoms with van der Waals surface area (Å²) in [5.74, 6) is -0.211. The molecule has 1 aromatic heterocycles. The summed E-state index contributed by atoms with van der Waals surface area (Å²) >= 11 is 1.47. The molecule has 1 heterocycles. The normalized spacial score (nSPS) is 9.33. The zero-order valence-corrected chi connectivity index (χ0v) is 9.94. The minimum absolute atomic E-state index is 0.211.